The van der Waals surface area contributed by atoms with Crippen molar-refractivity contribution in [3.63, 3.8) is 0 Å². The Morgan fingerprint density at radius 3 is 2.33 bits per heavy atom. The molecule has 1 aliphatic heterocycles. The van der Waals surface area contributed by atoms with Crippen LogP contribution in [-0.2, 0) is 13.6 Å². The number of rotatable bonds is 7. The molecule has 0 saturated carbocycles. The molecule has 4 nitrogen and oxygen atoms in total. The fourth-order valence-corrected chi connectivity index (χ4v) is 3.63. The Balaban J connectivity index is 1.95. The van der Waals surface area contributed by atoms with Gasteiger partial charge < -0.3 is 9.05 Å². The van der Waals surface area contributed by atoms with Crippen molar-refractivity contribution in [2.24, 2.45) is 4.99 Å². The minimum atomic E-state index is -2.99. The number of hydrogen-bond acceptors (Lipinski definition) is 4. The zero-order valence-corrected chi connectivity index (χ0v) is 11.6. The minimum absolute atomic E-state index is 0.0173. The van der Waals surface area contributed by atoms with Gasteiger partial charge in [-0.1, -0.05) is 30.3 Å². The van der Waals surface area contributed by atoms with Gasteiger partial charge in [0.05, 0.1) is 25.1 Å². The van der Waals surface area contributed by atoms with Crippen LogP contribution in [0.3, 0.4) is 0 Å². The lowest BCUT2D eigenvalue weighted by Crippen LogP contribution is -2.09. The monoisotopic (exact) mass is 267 g/mol. The molecule has 2 rings (SSSR count). The molecule has 0 bridgehead atoms. The van der Waals surface area contributed by atoms with Crippen molar-refractivity contribution >= 4 is 13.3 Å². The van der Waals surface area contributed by atoms with Gasteiger partial charge in [0.2, 0.25) is 0 Å². The standard InChI is InChI=1S/C13H18NO3P/c1-3-16-18(15,17-4-2)10-12-13(14-12)11-8-6-5-7-9-11/h5-9,12H,3-4,10H2,1-2H3. The number of aliphatic imine (C=N–C) groups is 1. The lowest BCUT2D eigenvalue weighted by Gasteiger charge is -2.16. The molecule has 1 unspecified atom stereocenters. The Hall–Kier alpha value is -0.960. The molecule has 1 heterocycles. The van der Waals surface area contributed by atoms with Crippen molar-refractivity contribution in [1.29, 1.82) is 0 Å². The molecule has 0 aromatic heterocycles. The van der Waals surface area contributed by atoms with Crippen LogP contribution in [0.25, 0.3) is 0 Å². The second kappa shape index (κ2) is 5.79. The van der Waals surface area contributed by atoms with E-state index in [9.17, 15) is 4.57 Å². The van der Waals surface area contributed by atoms with Gasteiger partial charge in [-0.2, -0.15) is 0 Å². The first-order valence-corrected chi connectivity index (χ1v) is 7.92. The topological polar surface area (TPSA) is 47.9 Å². The zero-order chi connectivity index (χ0) is 13.0. The summed E-state index contributed by atoms with van der Waals surface area (Å²) in [5, 5.41) is 0. The van der Waals surface area contributed by atoms with Crippen LogP contribution in [-0.4, -0.2) is 31.1 Å². The summed E-state index contributed by atoms with van der Waals surface area (Å²) in [6.07, 6.45) is 0.346. The molecule has 0 radical (unpaired) electrons. The number of nitrogens with zero attached hydrogens (tertiary/aromatic N) is 1. The predicted molar refractivity (Wildman–Crippen MR) is 72.5 cm³/mol. The van der Waals surface area contributed by atoms with Crippen molar-refractivity contribution in [1.82, 2.24) is 0 Å². The van der Waals surface area contributed by atoms with E-state index in [0.29, 0.717) is 19.4 Å². The molecule has 18 heavy (non-hydrogen) atoms. The highest BCUT2D eigenvalue weighted by Crippen LogP contribution is 2.50. The summed E-state index contributed by atoms with van der Waals surface area (Å²) < 4.78 is 22.9. The maximum absolute atomic E-state index is 12.3. The quantitative estimate of drug-likeness (QED) is 0.713. The summed E-state index contributed by atoms with van der Waals surface area (Å²) in [5.41, 5.74) is 2.08. The summed E-state index contributed by atoms with van der Waals surface area (Å²) in [4.78, 5) is 4.36. The lowest BCUT2D eigenvalue weighted by atomic mass is 10.1. The maximum Gasteiger partial charge on any atom is 0.333 e. The van der Waals surface area contributed by atoms with Crippen LogP contribution in [0.4, 0.5) is 0 Å². The molecular weight excluding hydrogens is 249 g/mol. The van der Waals surface area contributed by atoms with Gasteiger partial charge in [-0.25, -0.2) is 0 Å². The molecule has 0 spiro atoms. The van der Waals surface area contributed by atoms with Gasteiger partial charge in [0.25, 0.3) is 0 Å². The van der Waals surface area contributed by atoms with Crippen molar-refractivity contribution < 1.29 is 13.6 Å². The molecule has 98 valence electrons. The Morgan fingerprint density at radius 1 is 1.17 bits per heavy atom. The number of hydrogen-bond donors (Lipinski definition) is 0. The minimum Gasteiger partial charge on any atom is -0.309 e. The number of benzene rings is 1. The third kappa shape index (κ3) is 3.29. The average Bonchev–Trinajstić information content (AvgIpc) is 3.09. The molecule has 0 amide bonds. The van der Waals surface area contributed by atoms with Crippen molar-refractivity contribution in [2.75, 3.05) is 19.4 Å². The third-order valence-corrected chi connectivity index (χ3v) is 4.76. The third-order valence-electron chi connectivity index (χ3n) is 2.66. The molecule has 1 aliphatic rings. The fourth-order valence-electron chi connectivity index (χ4n) is 1.88. The van der Waals surface area contributed by atoms with Crippen LogP contribution >= 0.6 is 7.60 Å². The molecule has 0 saturated heterocycles. The molecule has 0 fully saturated rings. The van der Waals surface area contributed by atoms with E-state index in [0.717, 1.165) is 11.3 Å². The highest BCUT2D eigenvalue weighted by atomic mass is 31.2. The summed E-state index contributed by atoms with van der Waals surface area (Å²) >= 11 is 0. The maximum atomic E-state index is 12.3. The molecule has 0 N–H and O–H groups in total. The van der Waals surface area contributed by atoms with Crippen LogP contribution in [0.2, 0.25) is 0 Å². The van der Waals surface area contributed by atoms with E-state index in [1.165, 1.54) is 0 Å². The fraction of sp³-hybridized carbons (Fsp3) is 0.462. The Morgan fingerprint density at radius 2 is 1.78 bits per heavy atom. The van der Waals surface area contributed by atoms with Crippen LogP contribution in [0, 0.1) is 0 Å². The average molecular weight is 267 g/mol. The normalized spacial score (nSPS) is 18.6. The van der Waals surface area contributed by atoms with Crippen molar-refractivity contribution in [3.8, 4) is 0 Å². The molecule has 5 heteroatoms. The molecule has 1 aromatic carbocycles. The van der Waals surface area contributed by atoms with Gasteiger partial charge in [0.15, 0.2) is 0 Å². The second-order valence-corrected chi connectivity index (χ2v) is 6.13. The summed E-state index contributed by atoms with van der Waals surface area (Å²) in [5.74, 6) is 0. The van der Waals surface area contributed by atoms with Gasteiger partial charge in [-0.3, -0.25) is 9.56 Å². The van der Waals surface area contributed by atoms with Crippen molar-refractivity contribution in [3.05, 3.63) is 35.9 Å². The predicted octanol–water partition coefficient (Wildman–Crippen LogP) is 3.12. The van der Waals surface area contributed by atoms with E-state index in [-0.39, 0.29) is 6.04 Å². The Labute approximate surface area is 108 Å². The van der Waals surface area contributed by atoms with Gasteiger partial charge in [0.1, 0.15) is 6.04 Å². The van der Waals surface area contributed by atoms with Crippen LogP contribution in [0.5, 0.6) is 0 Å². The summed E-state index contributed by atoms with van der Waals surface area (Å²) in [7, 11) is -2.99. The smallest absolute Gasteiger partial charge is 0.309 e. The van der Waals surface area contributed by atoms with E-state index >= 15 is 0 Å². The van der Waals surface area contributed by atoms with Gasteiger partial charge >= 0.3 is 7.60 Å². The summed E-state index contributed by atoms with van der Waals surface area (Å²) in [6, 6.07) is 9.90. The zero-order valence-electron chi connectivity index (χ0n) is 10.7. The molecular formula is C13H18NO3P. The lowest BCUT2D eigenvalue weighted by molar-refractivity contribution is 0.220. The van der Waals surface area contributed by atoms with Crippen LogP contribution in [0.15, 0.2) is 35.3 Å². The van der Waals surface area contributed by atoms with Gasteiger partial charge in [-0.05, 0) is 19.4 Å². The molecule has 1 aromatic rings. The first-order valence-electron chi connectivity index (χ1n) is 6.19. The Kier molecular flexibility index (Phi) is 4.33. The van der Waals surface area contributed by atoms with Gasteiger partial charge in [0, 0.05) is 0 Å². The van der Waals surface area contributed by atoms with E-state index in [1.807, 2.05) is 44.2 Å². The van der Waals surface area contributed by atoms with Crippen LogP contribution < -0.4 is 0 Å². The van der Waals surface area contributed by atoms with E-state index < -0.39 is 7.60 Å². The highest BCUT2D eigenvalue weighted by Gasteiger charge is 2.38. The Bertz CT molecular complexity index is 462. The highest BCUT2D eigenvalue weighted by molar-refractivity contribution is 7.54. The largest absolute Gasteiger partial charge is 0.333 e. The SMILES string of the molecule is CCOP(=O)(CC1N=C1c1ccccc1)OCC. The summed E-state index contributed by atoms with van der Waals surface area (Å²) in [6.45, 7) is 4.42. The van der Waals surface area contributed by atoms with E-state index in [2.05, 4.69) is 4.99 Å². The van der Waals surface area contributed by atoms with E-state index in [4.69, 9.17) is 9.05 Å². The first kappa shape index (κ1) is 13.5. The van der Waals surface area contributed by atoms with Crippen LogP contribution in [0.1, 0.15) is 19.4 Å². The van der Waals surface area contributed by atoms with Crippen molar-refractivity contribution in [2.45, 2.75) is 19.9 Å². The van der Waals surface area contributed by atoms with E-state index in [1.54, 1.807) is 0 Å². The van der Waals surface area contributed by atoms with Gasteiger partial charge in [-0.15, -0.1) is 0 Å². The first-order chi connectivity index (χ1) is 8.68. The molecule has 0 aliphatic carbocycles. The molecule has 1 atom stereocenters. The second-order valence-electron chi connectivity index (χ2n) is 4.03.